The van der Waals surface area contributed by atoms with Gasteiger partial charge in [0.25, 0.3) is 5.91 Å². The maximum atomic E-state index is 12.4. The molecule has 1 aliphatic heterocycles. The number of benzene rings is 1. The predicted molar refractivity (Wildman–Crippen MR) is 82.5 cm³/mol. The van der Waals surface area contributed by atoms with Crippen molar-refractivity contribution in [2.45, 2.75) is 12.6 Å². The van der Waals surface area contributed by atoms with Crippen LogP contribution >= 0.6 is 0 Å². The lowest BCUT2D eigenvalue weighted by Gasteiger charge is -2.18. The van der Waals surface area contributed by atoms with Crippen LogP contribution in [0.1, 0.15) is 16.8 Å². The van der Waals surface area contributed by atoms with Gasteiger partial charge in [0.05, 0.1) is 20.8 Å². The number of hydrogen-bond acceptors (Lipinski definition) is 4. The summed E-state index contributed by atoms with van der Waals surface area (Å²) in [7, 11) is 2.98. The summed E-state index contributed by atoms with van der Waals surface area (Å²) in [6.45, 7) is 0.191. The number of nitrogens with zero attached hydrogens (tertiary/aromatic N) is 1. The van der Waals surface area contributed by atoms with Crippen LogP contribution in [-0.2, 0) is 0 Å². The number of carbonyl (C=O) groups excluding carboxylic acids is 1. The Labute approximate surface area is 138 Å². The van der Waals surface area contributed by atoms with Crippen LogP contribution in [0.2, 0.25) is 0 Å². The SMILES string of the molecule is COc1ccc(C(=O)NCC2CCN(CC(F)(F)F)C2)cc1OC. The largest absolute Gasteiger partial charge is 0.493 e. The molecule has 0 spiro atoms. The first-order chi connectivity index (χ1) is 11.3. The molecule has 1 aliphatic rings. The molecule has 5 nitrogen and oxygen atoms in total. The molecule has 1 N–H and O–H groups in total. The Kier molecular flexibility index (Phi) is 5.93. The van der Waals surface area contributed by atoms with E-state index >= 15 is 0 Å². The van der Waals surface area contributed by atoms with E-state index in [1.54, 1.807) is 18.2 Å². The number of rotatable bonds is 6. The van der Waals surface area contributed by atoms with Gasteiger partial charge < -0.3 is 14.8 Å². The summed E-state index contributed by atoms with van der Waals surface area (Å²) in [6, 6.07) is 4.81. The molecule has 24 heavy (non-hydrogen) atoms. The second kappa shape index (κ2) is 7.74. The van der Waals surface area contributed by atoms with E-state index in [2.05, 4.69) is 5.32 Å². The number of ether oxygens (including phenoxy) is 2. The van der Waals surface area contributed by atoms with Crippen molar-refractivity contribution in [3.05, 3.63) is 23.8 Å². The zero-order chi connectivity index (χ0) is 17.7. The fourth-order valence-electron chi connectivity index (χ4n) is 2.79. The quantitative estimate of drug-likeness (QED) is 0.859. The summed E-state index contributed by atoms with van der Waals surface area (Å²) in [5.41, 5.74) is 0.415. The molecule has 1 amide bonds. The van der Waals surface area contributed by atoms with E-state index in [-0.39, 0.29) is 11.8 Å². The van der Waals surface area contributed by atoms with Crippen molar-refractivity contribution < 1.29 is 27.4 Å². The highest BCUT2D eigenvalue weighted by Crippen LogP contribution is 2.27. The first-order valence-electron chi connectivity index (χ1n) is 7.61. The summed E-state index contributed by atoms with van der Waals surface area (Å²) in [5, 5.41) is 2.77. The zero-order valence-electron chi connectivity index (χ0n) is 13.7. The highest BCUT2D eigenvalue weighted by molar-refractivity contribution is 5.94. The van der Waals surface area contributed by atoms with E-state index in [0.717, 1.165) is 0 Å². The molecule has 8 heteroatoms. The molecule has 1 fully saturated rings. The number of alkyl halides is 3. The minimum absolute atomic E-state index is 0.0245. The van der Waals surface area contributed by atoms with Gasteiger partial charge in [0.1, 0.15) is 0 Å². The normalized spacial score (nSPS) is 18.5. The topological polar surface area (TPSA) is 50.8 Å². The average Bonchev–Trinajstić information content (AvgIpc) is 2.97. The summed E-state index contributed by atoms with van der Waals surface area (Å²) in [6.07, 6.45) is -3.54. The van der Waals surface area contributed by atoms with Crippen LogP contribution in [0.3, 0.4) is 0 Å². The van der Waals surface area contributed by atoms with Crippen LogP contribution < -0.4 is 14.8 Å². The zero-order valence-corrected chi connectivity index (χ0v) is 13.7. The molecule has 1 saturated heterocycles. The molecule has 1 aromatic rings. The molecule has 0 aromatic heterocycles. The van der Waals surface area contributed by atoms with Gasteiger partial charge in [-0.1, -0.05) is 0 Å². The number of carbonyl (C=O) groups is 1. The van der Waals surface area contributed by atoms with Gasteiger partial charge in [-0.15, -0.1) is 0 Å². The maximum absolute atomic E-state index is 12.4. The molecule has 1 heterocycles. The van der Waals surface area contributed by atoms with Gasteiger partial charge in [0.2, 0.25) is 0 Å². The van der Waals surface area contributed by atoms with Crippen LogP contribution in [0.15, 0.2) is 18.2 Å². The fraction of sp³-hybridized carbons (Fsp3) is 0.562. The van der Waals surface area contributed by atoms with Crippen LogP contribution in [0.5, 0.6) is 11.5 Å². The van der Waals surface area contributed by atoms with Gasteiger partial charge in [-0.25, -0.2) is 0 Å². The molecule has 134 valence electrons. The maximum Gasteiger partial charge on any atom is 0.401 e. The molecule has 0 aliphatic carbocycles. The van der Waals surface area contributed by atoms with E-state index in [1.807, 2.05) is 0 Å². The lowest BCUT2D eigenvalue weighted by Crippen LogP contribution is -2.34. The third-order valence-corrected chi connectivity index (χ3v) is 3.97. The molecule has 2 rings (SSSR count). The summed E-state index contributed by atoms with van der Waals surface area (Å²) in [5.74, 6) is 0.705. The Morgan fingerprint density at radius 3 is 2.62 bits per heavy atom. The first-order valence-corrected chi connectivity index (χ1v) is 7.61. The van der Waals surface area contributed by atoms with Crippen molar-refractivity contribution in [2.24, 2.45) is 5.92 Å². The van der Waals surface area contributed by atoms with E-state index in [9.17, 15) is 18.0 Å². The number of amides is 1. The van der Waals surface area contributed by atoms with Crippen molar-refractivity contribution in [3.63, 3.8) is 0 Å². The van der Waals surface area contributed by atoms with Crippen molar-refractivity contribution in [2.75, 3.05) is 40.4 Å². The lowest BCUT2D eigenvalue weighted by atomic mass is 10.1. The van der Waals surface area contributed by atoms with Crippen molar-refractivity contribution in [3.8, 4) is 11.5 Å². The van der Waals surface area contributed by atoms with E-state index < -0.39 is 12.7 Å². The van der Waals surface area contributed by atoms with Crippen molar-refractivity contribution in [1.29, 1.82) is 0 Å². The standard InChI is InChI=1S/C16H21F3N2O3/c1-23-13-4-3-12(7-14(13)24-2)15(22)20-8-11-5-6-21(9-11)10-16(17,18)19/h3-4,7,11H,5-6,8-10H2,1-2H3,(H,20,22). The third-order valence-electron chi connectivity index (χ3n) is 3.97. The van der Waals surface area contributed by atoms with Crippen LogP contribution in [-0.4, -0.2) is 57.4 Å². The van der Waals surface area contributed by atoms with Crippen LogP contribution in [0, 0.1) is 5.92 Å². The summed E-state index contributed by atoms with van der Waals surface area (Å²) >= 11 is 0. The number of likely N-dealkylation sites (tertiary alicyclic amines) is 1. The molecule has 1 unspecified atom stereocenters. The molecular formula is C16H21F3N2O3. The smallest absolute Gasteiger partial charge is 0.401 e. The van der Waals surface area contributed by atoms with Crippen LogP contribution in [0.4, 0.5) is 13.2 Å². The Morgan fingerprint density at radius 1 is 1.29 bits per heavy atom. The Hall–Kier alpha value is -1.96. The highest BCUT2D eigenvalue weighted by Gasteiger charge is 2.34. The van der Waals surface area contributed by atoms with Gasteiger partial charge >= 0.3 is 6.18 Å². The van der Waals surface area contributed by atoms with Crippen LogP contribution in [0.25, 0.3) is 0 Å². The van der Waals surface area contributed by atoms with Gasteiger partial charge in [-0.2, -0.15) is 13.2 Å². The Morgan fingerprint density at radius 2 is 2.00 bits per heavy atom. The summed E-state index contributed by atoms with van der Waals surface area (Å²) in [4.78, 5) is 13.5. The second-order valence-electron chi connectivity index (χ2n) is 5.78. The summed E-state index contributed by atoms with van der Waals surface area (Å²) < 4.78 is 47.4. The number of nitrogens with one attached hydrogen (secondary N) is 1. The van der Waals surface area contributed by atoms with Crippen molar-refractivity contribution >= 4 is 5.91 Å². The second-order valence-corrected chi connectivity index (χ2v) is 5.78. The van der Waals surface area contributed by atoms with E-state index in [1.165, 1.54) is 19.1 Å². The van der Waals surface area contributed by atoms with Crippen molar-refractivity contribution in [1.82, 2.24) is 10.2 Å². The van der Waals surface area contributed by atoms with Gasteiger partial charge in [0, 0.05) is 18.7 Å². The fourth-order valence-corrected chi connectivity index (χ4v) is 2.79. The van der Waals surface area contributed by atoms with E-state index in [0.29, 0.717) is 43.1 Å². The van der Waals surface area contributed by atoms with Gasteiger partial charge in [-0.3, -0.25) is 9.69 Å². The number of halogens is 3. The number of hydrogen-bond donors (Lipinski definition) is 1. The molecule has 0 bridgehead atoms. The van der Waals surface area contributed by atoms with E-state index in [4.69, 9.17) is 9.47 Å². The molecule has 1 aromatic carbocycles. The minimum atomic E-state index is -4.18. The van der Waals surface area contributed by atoms with Gasteiger partial charge in [-0.05, 0) is 37.1 Å². The highest BCUT2D eigenvalue weighted by atomic mass is 19.4. The Bertz CT molecular complexity index is 578. The average molecular weight is 346 g/mol. The molecular weight excluding hydrogens is 325 g/mol. The predicted octanol–water partition coefficient (Wildman–Crippen LogP) is 2.32. The first kappa shape index (κ1) is 18.4. The number of methoxy groups -OCH3 is 2. The molecule has 1 atom stereocenters. The minimum Gasteiger partial charge on any atom is -0.493 e. The Balaban J connectivity index is 1.86. The third kappa shape index (κ3) is 5.02. The lowest BCUT2D eigenvalue weighted by molar-refractivity contribution is -0.143. The van der Waals surface area contributed by atoms with Gasteiger partial charge in [0.15, 0.2) is 11.5 Å². The molecule has 0 radical (unpaired) electrons. The monoisotopic (exact) mass is 346 g/mol. The molecule has 0 saturated carbocycles.